The number of rotatable bonds is 13. The molecule has 0 amide bonds. The monoisotopic (exact) mass is 322 g/mol. The van der Waals surface area contributed by atoms with Gasteiger partial charge in [0.05, 0.1) is 0 Å². The summed E-state index contributed by atoms with van der Waals surface area (Å²) in [7, 11) is 0. The molecule has 0 aromatic heterocycles. The fourth-order valence-electron chi connectivity index (χ4n) is 2.55. The van der Waals surface area contributed by atoms with Crippen LogP contribution >= 0.6 is 0 Å². The van der Waals surface area contributed by atoms with Crippen molar-refractivity contribution in [2.24, 2.45) is 5.92 Å². The van der Waals surface area contributed by atoms with Crippen molar-refractivity contribution in [3.8, 4) is 0 Å². The third-order valence-electron chi connectivity index (χ3n) is 3.54. The summed E-state index contributed by atoms with van der Waals surface area (Å²) in [6.45, 7) is 4.21. The second-order valence-corrected chi connectivity index (χ2v) is 7.58. The van der Waals surface area contributed by atoms with E-state index in [-0.39, 0.29) is 6.10 Å². The minimum absolute atomic E-state index is 0.105. The van der Waals surface area contributed by atoms with Crippen LogP contribution in [0.2, 0.25) is 11.1 Å². The minimum atomic E-state index is -0.105. The SMILES string of the molecule is CCCCCCCCCCC(C[Se]C)CC(C)O. The van der Waals surface area contributed by atoms with Crippen molar-refractivity contribution < 1.29 is 5.11 Å². The summed E-state index contributed by atoms with van der Waals surface area (Å²) in [6.07, 6.45) is 13.5. The first kappa shape index (κ1) is 18.5. The van der Waals surface area contributed by atoms with E-state index in [1.807, 2.05) is 6.92 Å². The zero-order chi connectivity index (χ0) is 13.6. The van der Waals surface area contributed by atoms with Crippen molar-refractivity contribution >= 4 is 15.0 Å². The van der Waals surface area contributed by atoms with E-state index in [0.29, 0.717) is 0 Å². The molecule has 1 nitrogen and oxygen atoms in total. The second kappa shape index (κ2) is 13.9. The van der Waals surface area contributed by atoms with Crippen molar-refractivity contribution in [3.63, 3.8) is 0 Å². The molecule has 110 valence electrons. The first-order chi connectivity index (χ1) is 8.70. The molecule has 0 aromatic carbocycles. The Kier molecular flexibility index (Phi) is 14.3. The third-order valence-corrected chi connectivity index (χ3v) is 5.23. The van der Waals surface area contributed by atoms with Crippen LogP contribution < -0.4 is 0 Å². The molecule has 2 atom stereocenters. The predicted molar refractivity (Wildman–Crippen MR) is 83.4 cm³/mol. The van der Waals surface area contributed by atoms with E-state index in [0.717, 1.165) is 27.3 Å². The van der Waals surface area contributed by atoms with Crippen LogP contribution in [0, 0.1) is 5.92 Å². The van der Waals surface area contributed by atoms with Crippen molar-refractivity contribution in [3.05, 3.63) is 0 Å². The second-order valence-electron chi connectivity index (χ2n) is 5.67. The van der Waals surface area contributed by atoms with Crippen molar-refractivity contribution in [1.82, 2.24) is 0 Å². The van der Waals surface area contributed by atoms with Gasteiger partial charge in [-0.25, -0.2) is 0 Å². The Labute approximate surface area is 121 Å². The van der Waals surface area contributed by atoms with Gasteiger partial charge in [-0.2, -0.15) is 0 Å². The van der Waals surface area contributed by atoms with Gasteiger partial charge in [-0.15, -0.1) is 0 Å². The van der Waals surface area contributed by atoms with Crippen molar-refractivity contribution in [1.29, 1.82) is 0 Å². The van der Waals surface area contributed by atoms with Gasteiger partial charge < -0.3 is 0 Å². The van der Waals surface area contributed by atoms with E-state index < -0.39 is 0 Å². The Balaban J connectivity index is 3.37. The summed E-state index contributed by atoms with van der Waals surface area (Å²) in [5.41, 5.74) is 0. The molecule has 0 saturated carbocycles. The summed E-state index contributed by atoms with van der Waals surface area (Å²) < 4.78 is 0. The van der Waals surface area contributed by atoms with Crippen LogP contribution in [0.15, 0.2) is 0 Å². The molecule has 0 bridgehead atoms. The Morgan fingerprint density at radius 1 is 0.944 bits per heavy atom. The van der Waals surface area contributed by atoms with Crippen LogP contribution in [-0.2, 0) is 0 Å². The number of hydrogen-bond acceptors (Lipinski definition) is 1. The standard InChI is InChI=1S/C16H34OSe/c1-4-5-6-7-8-9-10-11-12-16(14-18-3)13-15(2)17/h15-17H,4-14H2,1-3H3. The number of aliphatic hydroxyl groups is 1. The summed E-state index contributed by atoms with van der Waals surface area (Å²) in [5, 5.41) is 10.8. The van der Waals surface area contributed by atoms with Crippen LogP contribution in [0.25, 0.3) is 0 Å². The van der Waals surface area contributed by atoms with Crippen LogP contribution in [0.3, 0.4) is 0 Å². The summed E-state index contributed by atoms with van der Waals surface area (Å²) >= 11 is 0.764. The number of aliphatic hydroxyl groups excluding tert-OH is 1. The molecule has 2 heteroatoms. The van der Waals surface area contributed by atoms with E-state index >= 15 is 0 Å². The zero-order valence-corrected chi connectivity index (χ0v) is 14.5. The molecule has 0 aliphatic heterocycles. The number of hydrogen-bond donors (Lipinski definition) is 1. The zero-order valence-electron chi connectivity index (χ0n) is 12.8. The predicted octanol–water partition coefficient (Wildman–Crippen LogP) is 5.07. The molecular weight excluding hydrogens is 287 g/mol. The summed E-state index contributed by atoms with van der Waals surface area (Å²) in [6, 6.07) is 0. The molecule has 0 aromatic rings. The Morgan fingerprint density at radius 3 is 2.00 bits per heavy atom. The molecule has 0 rings (SSSR count). The van der Waals surface area contributed by atoms with Gasteiger partial charge in [0.2, 0.25) is 0 Å². The van der Waals surface area contributed by atoms with E-state index in [9.17, 15) is 5.11 Å². The first-order valence-electron chi connectivity index (χ1n) is 7.87. The third kappa shape index (κ3) is 12.9. The van der Waals surface area contributed by atoms with Crippen LogP contribution in [0.1, 0.15) is 78.1 Å². The van der Waals surface area contributed by atoms with Gasteiger partial charge in [0.25, 0.3) is 0 Å². The summed E-state index contributed by atoms with van der Waals surface area (Å²) in [4.78, 5) is 0. The molecule has 1 N–H and O–H groups in total. The normalized spacial score (nSPS) is 14.7. The maximum atomic E-state index is 9.48. The van der Waals surface area contributed by atoms with Crippen LogP contribution in [0.5, 0.6) is 0 Å². The molecule has 0 fully saturated rings. The molecule has 2 unspecified atom stereocenters. The fraction of sp³-hybridized carbons (Fsp3) is 1.00. The van der Waals surface area contributed by atoms with Crippen LogP contribution in [-0.4, -0.2) is 26.2 Å². The number of unbranched alkanes of at least 4 members (excludes halogenated alkanes) is 7. The van der Waals surface area contributed by atoms with Gasteiger partial charge in [0, 0.05) is 0 Å². The Bertz CT molecular complexity index is 159. The molecule has 0 saturated heterocycles. The van der Waals surface area contributed by atoms with Gasteiger partial charge in [0.1, 0.15) is 0 Å². The molecule has 0 radical (unpaired) electrons. The maximum absolute atomic E-state index is 9.48. The van der Waals surface area contributed by atoms with E-state index in [2.05, 4.69) is 12.7 Å². The van der Waals surface area contributed by atoms with Crippen molar-refractivity contribution in [2.45, 2.75) is 95.3 Å². The molecule has 18 heavy (non-hydrogen) atoms. The van der Waals surface area contributed by atoms with Gasteiger partial charge in [-0.3, -0.25) is 0 Å². The molecule has 0 aliphatic carbocycles. The van der Waals surface area contributed by atoms with E-state index in [1.165, 1.54) is 63.1 Å². The molecule has 0 heterocycles. The van der Waals surface area contributed by atoms with Crippen molar-refractivity contribution in [2.75, 3.05) is 0 Å². The van der Waals surface area contributed by atoms with Gasteiger partial charge >= 0.3 is 121 Å². The average Bonchev–Trinajstić information content (AvgIpc) is 2.32. The quantitative estimate of drug-likeness (QED) is 0.371. The summed E-state index contributed by atoms with van der Waals surface area (Å²) in [5.74, 6) is 3.10. The Morgan fingerprint density at radius 2 is 1.50 bits per heavy atom. The average molecular weight is 321 g/mol. The van der Waals surface area contributed by atoms with Gasteiger partial charge in [0.15, 0.2) is 0 Å². The molecular formula is C16H34OSe. The van der Waals surface area contributed by atoms with Gasteiger partial charge in [-0.1, -0.05) is 0 Å². The van der Waals surface area contributed by atoms with E-state index in [1.54, 1.807) is 0 Å². The van der Waals surface area contributed by atoms with E-state index in [4.69, 9.17) is 0 Å². The molecule has 0 aliphatic rings. The first-order valence-corrected chi connectivity index (χ1v) is 10.8. The van der Waals surface area contributed by atoms with Gasteiger partial charge in [-0.05, 0) is 0 Å². The topological polar surface area (TPSA) is 20.2 Å². The fourth-order valence-corrected chi connectivity index (χ4v) is 4.18. The Hall–Kier alpha value is 0.479. The molecule has 0 spiro atoms. The van der Waals surface area contributed by atoms with Crippen LogP contribution in [0.4, 0.5) is 0 Å².